The molecule has 2 N–H and O–H groups in total. The summed E-state index contributed by atoms with van der Waals surface area (Å²) in [5.74, 6) is 0.818. The van der Waals surface area contributed by atoms with Crippen LogP contribution >= 0.6 is 0 Å². The van der Waals surface area contributed by atoms with Crippen molar-refractivity contribution < 1.29 is 4.74 Å². The first-order chi connectivity index (χ1) is 9.11. The Balaban J connectivity index is 2.02. The summed E-state index contributed by atoms with van der Waals surface area (Å²) < 4.78 is 7.75. The van der Waals surface area contributed by atoms with Gasteiger partial charge in [-0.15, -0.1) is 0 Å². The second-order valence-corrected chi connectivity index (χ2v) is 4.80. The molecule has 0 saturated heterocycles. The summed E-state index contributed by atoms with van der Waals surface area (Å²) in [5, 5.41) is 4.51. The zero-order valence-corrected chi connectivity index (χ0v) is 11.8. The molecule has 1 aromatic carbocycles. The number of benzene rings is 1. The van der Waals surface area contributed by atoms with E-state index in [0.717, 1.165) is 29.1 Å². The van der Waals surface area contributed by atoms with E-state index in [9.17, 15) is 0 Å². The Labute approximate surface area is 114 Å². The van der Waals surface area contributed by atoms with Crippen molar-refractivity contribution >= 4 is 5.69 Å². The molecule has 0 aliphatic rings. The zero-order valence-electron chi connectivity index (χ0n) is 11.8. The number of rotatable bonds is 5. The minimum absolute atomic E-state index is 0.419. The highest BCUT2D eigenvalue weighted by Crippen LogP contribution is 2.23. The molecule has 102 valence electrons. The Kier molecular flexibility index (Phi) is 4.10. The summed E-state index contributed by atoms with van der Waals surface area (Å²) in [5.41, 5.74) is 8.51. The van der Waals surface area contributed by atoms with E-state index < -0.39 is 0 Å². The smallest absolute Gasteiger partial charge is 0.132 e. The molecule has 0 aliphatic heterocycles. The molecule has 0 amide bonds. The summed E-state index contributed by atoms with van der Waals surface area (Å²) in [4.78, 5) is 0. The Morgan fingerprint density at radius 3 is 2.89 bits per heavy atom. The zero-order chi connectivity index (χ0) is 13.8. The van der Waals surface area contributed by atoms with Crippen LogP contribution in [0, 0.1) is 6.92 Å². The van der Waals surface area contributed by atoms with E-state index in [-0.39, 0.29) is 0 Å². The van der Waals surface area contributed by atoms with Gasteiger partial charge in [-0.25, -0.2) is 0 Å². The van der Waals surface area contributed by atoms with Crippen LogP contribution < -0.4 is 10.5 Å². The van der Waals surface area contributed by atoms with Gasteiger partial charge in [0.2, 0.25) is 0 Å². The maximum atomic E-state index is 5.85. The molecule has 0 aliphatic carbocycles. The normalized spacial score (nSPS) is 12.4. The van der Waals surface area contributed by atoms with Gasteiger partial charge in [0.25, 0.3) is 0 Å². The van der Waals surface area contributed by atoms with Crippen molar-refractivity contribution in [2.75, 3.05) is 5.73 Å². The molecule has 19 heavy (non-hydrogen) atoms. The maximum absolute atomic E-state index is 5.85. The van der Waals surface area contributed by atoms with Gasteiger partial charge in [-0.2, -0.15) is 5.10 Å². The lowest BCUT2D eigenvalue weighted by molar-refractivity contribution is 0.296. The van der Waals surface area contributed by atoms with Crippen LogP contribution in [-0.4, -0.2) is 9.78 Å². The predicted octanol–water partition coefficient (Wildman–Crippen LogP) is 3.32. The quantitative estimate of drug-likeness (QED) is 0.838. The number of nitrogens with two attached hydrogens (primary N) is 1. The van der Waals surface area contributed by atoms with E-state index in [0.29, 0.717) is 12.6 Å². The minimum atomic E-state index is 0.419. The minimum Gasteiger partial charge on any atom is -0.487 e. The van der Waals surface area contributed by atoms with Crippen LogP contribution in [0.1, 0.15) is 37.6 Å². The number of ether oxygens (including phenoxy) is 1. The van der Waals surface area contributed by atoms with Crippen LogP contribution in [0.4, 0.5) is 5.69 Å². The third kappa shape index (κ3) is 3.08. The third-order valence-electron chi connectivity index (χ3n) is 3.41. The molecule has 1 aromatic heterocycles. The summed E-state index contributed by atoms with van der Waals surface area (Å²) in [6.07, 6.45) is 3.06. The van der Waals surface area contributed by atoms with Gasteiger partial charge >= 0.3 is 0 Å². The lowest BCUT2D eigenvalue weighted by atomic mass is 10.2. The Morgan fingerprint density at radius 2 is 2.16 bits per heavy atom. The van der Waals surface area contributed by atoms with E-state index >= 15 is 0 Å². The second kappa shape index (κ2) is 5.78. The van der Waals surface area contributed by atoms with Crippen LogP contribution in [0.3, 0.4) is 0 Å². The molecule has 0 fully saturated rings. The number of hydrogen-bond acceptors (Lipinski definition) is 3. The first-order valence-electron chi connectivity index (χ1n) is 6.63. The first-order valence-corrected chi connectivity index (χ1v) is 6.63. The predicted molar refractivity (Wildman–Crippen MR) is 77.2 cm³/mol. The van der Waals surface area contributed by atoms with Crippen LogP contribution in [0.2, 0.25) is 0 Å². The highest BCUT2D eigenvalue weighted by molar-refractivity contribution is 5.53. The molecule has 2 rings (SSSR count). The number of hydrogen-bond donors (Lipinski definition) is 1. The topological polar surface area (TPSA) is 53.1 Å². The van der Waals surface area contributed by atoms with Gasteiger partial charge in [0.05, 0.1) is 5.69 Å². The molecular formula is C15H21N3O. The lowest BCUT2D eigenvalue weighted by Crippen LogP contribution is -2.06. The lowest BCUT2D eigenvalue weighted by Gasteiger charge is -2.10. The van der Waals surface area contributed by atoms with E-state index in [4.69, 9.17) is 10.5 Å². The fourth-order valence-electron chi connectivity index (χ4n) is 1.83. The summed E-state index contributed by atoms with van der Waals surface area (Å²) in [7, 11) is 0. The number of nitrogens with zero attached hydrogens (tertiary/aromatic N) is 2. The van der Waals surface area contributed by atoms with Crippen molar-refractivity contribution in [1.82, 2.24) is 9.78 Å². The van der Waals surface area contributed by atoms with Crippen molar-refractivity contribution in [3.8, 4) is 5.75 Å². The molecule has 1 atom stereocenters. The van der Waals surface area contributed by atoms with Crippen LogP contribution in [0.5, 0.6) is 5.75 Å². The summed E-state index contributed by atoms with van der Waals surface area (Å²) in [6, 6.07) is 8.11. The first kappa shape index (κ1) is 13.5. The average Bonchev–Trinajstić information content (AvgIpc) is 2.88. The van der Waals surface area contributed by atoms with Crippen LogP contribution in [0.15, 0.2) is 30.5 Å². The van der Waals surface area contributed by atoms with E-state index in [1.165, 1.54) is 0 Å². The SMILES string of the molecule is CCC(C)n1ccc(COc2cccc(N)c2C)n1. The molecule has 1 unspecified atom stereocenters. The number of aromatic nitrogens is 2. The molecule has 0 spiro atoms. The van der Waals surface area contributed by atoms with E-state index in [2.05, 4.69) is 18.9 Å². The molecule has 4 nitrogen and oxygen atoms in total. The molecule has 1 heterocycles. The maximum Gasteiger partial charge on any atom is 0.132 e. The van der Waals surface area contributed by atoms with E-state index in [1.54, 1.807) is 0 Å². The standard InChI is InChI=1S/C15H21N3O/c1-4-11(2)18-9-8-13(17-18)10-19-15-7-5-6-14(16)12(15)3/h5-9,11H,4,10,16H2,1-3H3. The van der Waals surface area contributed by atoms with Crippen LogP contribution in [-0.2, 0) is 6.61 Å². The monoisotopic (exact) mass is 259 g/mol. The number of nitrogen functional groups attached to an aromatic ring is 1. The van der Waals surface area contributed by atoms with Gasteiger partial charge in [-0.05, 0) is 38.5 Å². The highest BCUT2D eigenvalue weighted by atomic mass is 16.5. The Morgan fingerprint density at radius 1 is 1.37 bits per heavy atom. The van der Waals surface area contributed by atoms with Crippen LogP contribution in [0.25, 0.3) is 0 Å². The molecule has 0 saturated carbocycles. The van der Waals surface area contributed by atoms with Gasteiger partial charge in [-0.1, -0.05) is 13.0 Å². The number of anilines is 1. The molecule has 4 heteroatoms. The Hall–Kier alpha value is -1.97. The second-order valence-electron chi connectivity index (χ2n) is 4.80. The van der Waals surface area contributed by atoms with Gasteiger partial charge in [-0.3, -0.25) is 4.68 Å². The van der Waals surface area contributed by atoms with Crippen molar-refractivity contribution in [3.05, 3.63) is 41.7 Å². The van der Waals surface area contributed by atoms with Gasteiger partial charge in [0.1, 0.15) is 12.4 Å². The molecule has 0 radical (unpaired) electrons. The van der Waals surface area contributed by atoms with Gasteiger partial charge in [0, 0.05) is 23.5 Å². The van der Waals surface area contributed by atoms with Gasteiger partial charge < -0.3 is 10.5 Å². The average molecular weight is 259 g/mol. The fraction of sp³-hybridized carbons (Fsp3) is 0.400. The largest absolute Gasteiger partial charge is 0.487 e. The van der Waals surface area contributed by atoms with Crippen molar-refractivity contribution in [1.29, 1.82) is 0 Å². The molecule has 2 aromatic rings. The Bertz CT molecular complexity index is 548. The van der Waals surface area contributed by atoms with E-state index in [1.807, 2.05) is 42.1 Å². The highest BCUT2D eigenvalue weighted by Gasteiger charge is 2.07. The van der Waals surface area contributed by atoms with Gasteiger partial charge in [0.15, 0.2) is 0 Å². The molecular weight excluding hydrogens is 238 g/mol. The van der Waals surface area contributed by atoms with Crippen molar-refractivity contribution in [2.45, 2.75) is 39.8 Å². The third-order valence-corrected chi connectivity index (χ3v) is 3.41. The van der Waals surface area contributed by atoms with Crippen molar-refractivity contribution in [3.63, 3.8) is 0 Å². The fourth-order valence-corrected chi connectivity index (χ4v) is 1.83. The molecule has 0 bridgehead atoms. The van der Waals surface area contributed by atoms with Crippen molar-refractivity contribution in [2.24, 2.45) is 0 Å². The summed E-state index contributed by atoms with van der Waals surface area (Å²) >= 11 is 0. The summed E-state index contributed by atoms with van der Waals surface area (Å²) in [6.45, 7) is 6.73.